The molecule has 31 heavy (non-hydrogen) atoms. The molecule has 0 saturated carbocycles. The molecule has 3 rings (SSSR count). The van der Waals surface area contributed by atoms with E-state index >= 15 is 0 Å². The number of aliphatic imine (C=N–C) groups is 1. The van der Waals surface area contributed by atoms with Gasteiger partial charge in [0.05, 0.1) is 6.61 Å². The number of halogens is 1. The van der Waals surface area contributed by atoms with Crippen molar-refractivity contribution in [2.24, 2.45) is 4.99 Å². The molecule has 0 aliphatic carbocycles. The fraction of sp³-hybridized carbons (Fsp3) is 0.522. The lowest BCUT2D eigenvalue weighted by Crippen LogP contribution is -2.42. The van der Waals surface area contributed by atoms with Crippen LogP contribution in [0.25, 0.3) is 0 Å². The number of nitrogens with one attached hydrogen (secondary N) is 2. The van der Waals surface area contributed by atoms with Crippen LogP contribution in [0.5, 0.6) is 5.75 Å². The van der Waals surface area contributed by atoms with Crippen molar-refractivity contribution in [2.45, 2.75) is 33.4 Å². The Hall–Kier alpha value is -1.36. The normalized spacial score (nSPS) is 14.0. The Kier molecular flexibility index (Phi) is 11.6. The van der Waals surface area contributed by atoms with Crippen LogP contribution < -0.4 is 15.4 Å². The number of rotatable bonds is 10. The maximum Gasteiger partial charge on any atom is 0.191 e. The molecule has 0 radical (unpaired) electrons. The van der Waals surface area contributed by atoms with Crippen LogP contribution in [0.2, 0.25) is 0 Å². The van der Waals surface area contributed by atoms with Gasteiger partial charge in [0.15, 0.2) is 5.96 Å². The highest BCUT2D eigenvalue weighted by Gasteiger charge is 2.16. The highest BCUT2D eigenvalue weighted by molar-refractivity contribution is 14.0. The lowest BCUT2D eigenvalue weighted by atomic mass is 10.1. The third-order valence-electron chi connectivity index (χ3n) is 5.19. The van der Waals surface area contributed by atoms with Crippen molar-refractivity contribution in [3.63, 3.8) is 0 Å². The minimum atomic E-state index is 0. The van der Waals surface area contributed by atoms with Crippen LogP contribution in [0, 0.1) is 6.92 Å². The van der Waals surface area contributed by atoms with E-state index in [1.165, 1.54) is 17.5 Å². The van der Waals surface area contributed by atoms with Gasteiger partial charge in [-0.3, -0.25) is 9.89 Å². The van der Waals surface area contributed by atoms with E-state index in [1.807, 2.05) is 25.3 Å². The first-order chi connectivity index (χ1) is 14.7. The molecule has 0 amide bonds. The molecule has 1 aromatic carbocycles. The van der Waals surface area contributed by atoms with Gasteiger partial charge in [-0.1, -0.05) is 12.1 Å². The third-order valence-corrected chi connectivity index (χ3v) is 6.21. The van der Waals surface area contributed by atoms with E-state index in [4.69, 9.17) is 9.47 Å². The Balaban J connectivity index is 0.00000341. The van der Waals surface area contributed by atoms with E-state index < -0.39 is 0 Å². The van der Waals surface area contributed by atoms with Gasteiger partial charge in [0, 0.05) is 56.8 Å². The molecule has 0 unspecified atom stereocenters. The predicted molar refractivity (Wildman–Crippen MR) is 140 cm³/mol. The lowest BCUT2D eigenvalue weighted by Gasteiger charge is -2.27. The van der Waals surface area contributed by atoms with Crippen LogP contribution in [-0.4, -0.2) is 57.4 Å². The predicted octanol–water partition coefficient (Wildman–Crippen LogP) is 3.81. The monoisotopic (exact) mass is 558 g/mol. The van der Waals surface area contributed by atoms with Crippen LogP contribution in [0.15, 0.2) is 34.6 Å². The van der Waals surface area contributed by atoms with Gasteiger partial charge in [0.1, 0.15) is 12.4 Å². The summed E-state index contributed by atoms with van der Waals surface area (Å²) in [7, 11) is 1.81. The standard InChI is InChI=1S/C23H34N4O2S.HI/c1-4-28-12-13-29-21-15-18(2)5-6-19(21)16-26-23(24-3)25-9-11-27-10-7-22-20(17-27)8-14-30-22;/h5-6,8,14-15H,4,7,9-13,16-17H2,1-3H3,(H2,24,25,26);1H. The maximum atomic E-state index is 5.94. The highest BCUT2D eigenvalue weighted by Crippen LogP contribution is 2.23. The highest BCUT2D eigenvalue weighted by atomic mass is 127. The van der Waals surface area contributed by atoms with Crippen LogP contribution in [0.4, 0.5) is 0 Å². The van der Waals surface area contributed by atoms with Gasteiger partial charge in [-0.15, -0.1) is 35.3 Å². The van der Waals surface area contributed by atoms with Crippen molar-refractivity contribution >= 4 is 41.3 Å². The Labute approximate surface area is 207 Å². The van der Waals surface area contributed by atoms with Crippen molar-refractivity contribution in [3.05, 3.63) is 51.2 Å². The van der Waals surface area contributed by atoms with Crippen LogP contribution in [-0.2, 0) is 24.2 Å². The van der Waals surface area contributed by atoms with Gasteiger partial charge < -0.3 is 20.1 Å². The molecular formula is C23H35IN4O2S. The third kappa shape index (κ3) is 8.25. The first kappa shape index (κ1) is 25.9. The summed E-state index contributed by atoms with van der Waals surface area (Å²) in [5.74, 6) is 1.71. The SMILES string of the molecule is CCOCCOc1cc(C)ccc1CNC(=NC)NCCN1CCc2sccc2C1.I. The zero-order chi connectivity index (χ0) is 21.2. The largest absolute Gasteiger partial charge is 0.491 e. The van der Waals surface area contributed by atoms with Gasteiger partial charge in [0.2, 0.25) is 0 Å². The molecule has 1 aliphatic heterocycles. The number of thiophene rings is 1. The molecule has 2 aromatic rings. The number of hydrogen-bond acceptors (Lipinski definition) is 5. The first-order valence-electron chi connectivity index (χ1n) is 10.7. The second-order valence-electron chi connectivity index (χ2n) is 7.40. The van der Waals surface area contributed by atoms with Gasteiger partial charge in [-0.2, -0.15) is 0 Å². The minimum absolute atomic E-state index is 0. The number of aryl methyl sites for hydroxylation is 1. The summed E-state index contributed by atoms with van der Waals surface area (Å²) in [5, 5.41) is 9.05. The van der Waals surface area contributed by atoms with Gasteiger partial charge in [0.25, 0.3) is 0 Å². The van der Waals surface area contributed by atoms with Gasteiger partial charge in [-0.25, -0.2) is 0 Å². The summed E-state index contributed by atoms with van der Waals surface area (Å²) in [5.41, 5.74) is 3.79. The zero-order valence-corrected chi connectivity index (χ0v) is 21.9. The summed E-state index contributed by atoms with van der Waals surface area (Å²) in [6, 6.07) is 8.55. The summed E-state index contributed by atoms with van der Waals surface area (Å²) in [6.45, 7) is 10.6. The van der Waals surface area contributed by atoms with Crippen LogP contribution in [0.3, 0.4) is 0 Å². The summed E-state index contributed by atoms with van der Waals surface area (Å²) < 4.78 is 11.3. The Morgan fingerprint density at radius 1 is 1.23 bits per heavy atom. The van der Waals surface area contributed by atoms with E-state index in [0.29, 0.717) is 26.4 Å². The quantitative estimate of drug-likeness (QED) is 0.201. The molecule has 8 heteroatoms. The first-order valence-corrected chi connectivity index (χ1v) is 11.6. The zero-order valence-electron chi connectivity index (χ0n) is 18.8. The van der Waals surface area contributed by atoms with Gasteiger partial charge >= 0.3 is 0 Å². The summed E-state index contributed by atoms with van der Waals surface area (Å²) >= 11 is 1.88. The molecule has 6 nitrogen and oxygen atoms in total. The number of ether oxygens (including phenoxy) is 2. The molecule has 2 heterocycles. The van der Waals surface area contributed by atoms with E-state index in [1.54, 1.807) is 4.88 Å². The average Bonchev–Trinajstić information content (AvgIpc) is 3.22. The Bertz CT molecular complexity index is 828. The summed E-state index contributed by atoms with van der Waals surface area (Å²) in [6.07, 6.45) is 1.17. The molecule has 0 bridgehead atoms. The number of fused-ring (bicyclic) bond motifs is 1. The number of hydrogen-bond donors (Lipinski definition) is 2. The van der Waals surface area contributed by atoms with E-state index in [2.05, 4.69) is 57.1 Å². The molecule has 0 fully saturated rings. The molecule has 1 aromatic heterocycles. The van der Waals surface area contributed by atoms with Crippen molar-refractivity contribution < 1.29 is 9.47 Å². The van der Waals surface area contributed by atoms with E-state index in [0.717, 1.165) is 43.5 Å². The topological polar surface area (TPSA) is 58.1 Å². The van der Waals surface area contributed by atoms with Crippen molar-refractivity contribution in [2.75, 3.05) is 46.5 Å². The minimum Gasteiger partial charge on any atom is -0.491 e. The van der Waals surface area contributed by atoms with E-state index in [9.17, 15) is 0 Å². The Morgan fingerprint density at radius 2 is 2.10 bits per heavy atom. The molecule has 2 N–H and O–H groups in total. The average molecular weight is 559 g/mol. The van der Waals surface area contributed by atoms with Crippen molar-refractivity contribution in [1.29, 1.82) is 0 Å². The molecule has 0 spiro atoms. The number of benzene rings is 1. The van der Waals surface area contributed by atoms with E-state index in [-0.39, 0.29) is 24.0 Å². The molecule has 1 aliphatic rings. The lowest BCUT2D eigenvalue weighted by molar-refractivity contribution is 0.110. The van der Waals surface area contributed by atoms with Crippen LogP contribution >= 0.6 is 35.3 Å². The second kappa shape index (κ2) is 13.9. The van der Waals surface area contributed by atoms with Crippen LogP contribution in [0.1, 0.15) is 28.5 Å². The summed E-state index contributed by atoms with van der Waals surface area (Å²) in [4.78, 5) is 8.41. The maximum absolute atomic E-state index is 5.94. The second-order valence-corrected chi connectivity index (χ2v) is 8.40. The number of nitrogens with zero attached hydrogens (tertiary/aromatic N) is 2. The fourth-order valence-corrected chi connectivity index (χ4v) is 4.42. The Morgan fingerprint density at radius 3 is 2.90 bits per heavy atom. The molecule has 0 saturated heterocycles. The molecular weight excluding hydrogens is 523 g/mol. The van der Waals surface area contributed by atoms with Gasteiger partial charge in [-0.05, 0) is 48.9 Å². The molecule has 172 valence electrons. The van der Waals surface area contributed by atoms with Crippen molar-refractivity contribution in [3.8, 4) is 5.75 Å². The fourth-order valence-electron chi connectivity index (χ4n) is 3.53. The smallest absolute Gasteiger partial charge is 0.191 e. The van der Waals surface area contributed by atoms with Crippen molar-refractivity contribution in [1.82, 2.24) is 15.5 Å². The number of guanidine groups is 1. The molecule has 0 atom stereocenters.